The number of benzene rings is 1. The Kier molecular flexibility index (Phi) is 3.79. The molecule has 1 aromatic carbocycles. The van der Waals surface area contributed by atoms with Crippen LogP contribution in [0.4, 0.5) is 5.69 Å². The lowest BCUT2D eigenvalue weighted by Gasteiger charge is -2.14. The largest absolute Gasteiger partial charge is 0.393 e. The first-order chi connectivity index (χ1) is 8.08. The fourth-order valence-electron chi connectivity index (χ4n) is 2.42. The summed E-state index contributed by atoms with van der Waals surface area (Å²) in [6, 6.07) is 5.10. The zero-order valence-electron chi connectivity index (χ0n) is 9.30. The van der Waals surface area contributed by atoms with Gasteiger partial charge in [-0.25, -0.2) is 0 Å². The van der Waals surface area contributed by atoms with Gasteiger partial charge in [-0.05, 0) is 31.2 Å². The molecule has 1 aliphatic rings. The number of aliphatic hydroxyl groups is 1. The lowest BCUT2D eigenvalue weighted by molar-refractivity contribution is -0.385. The van der Waals surface area contributed by atoms with Crippen molar-refractivity contribution in [3.05, 3.63) is 38.3 Å². The SMILES string of the molecule is O=[N+]([O-])c1cc(Br)ccc1CC1CCCC1O. The van der Waals surface area contributed by atoms with E-state index in [9.17, 15) is 15.2 Å². The van der Waals surface area contributed by atoms with Crippen molar-refractivity contribution >= 4 is 21.6 Å². The Morgan fingerprint density at radius 3 is 2.82 bits per heavy atom. The van der Waals surface area contributed by atoms with Crippen molar-refractivity contribution < 1.29 is 10.0 Å². The van der Waals surface area contributed by atoms with Crippen LogP contribution in [0.3, 0.4) is 0 Å². The summed E-state index contributed by atoms with van der Waals surface area (Å²) in [5.74, 6) is 0.162. The van der Waals surface area contributed by atoms with Crippen LogP contribution in [0.25, 0.3) is 0 Å². The maximum atomic E-state index is 11.0. The third-order valence-corrected chi connectivity index (χ3v) is 3.84. The summed E-state index contributed by atoms with van der Waals surface area (Å²) >= 11 is 3.24. The van der Waals surface area contributed by atoms with Gasteiger partial charge in [0.1, 0.15) is 0 Å². The topological polar surface area (TPSA) is 63.4 Å². The van der Waals surface area contributed by atoms with Gasteiger partial charge in [0.15, 0.2) is 0 Å². The quantitative estimate of drug-likeness (QED) is 0.689. The Bertz CT molecular complexity index is 436. The fraction of sp³-hybridized carbons (Fsp3) is 0.500. The number of hydrogen-bond donors (Lipinski definition) is 1. The number of rotatable bonds is 3. The fourth-order valence-corrected chi connectivity index (χ4v) is 2.77. The van der Waals surface area contributed by atoms with E-state index < -0.39 is 0 Å². The van der Waals surface area contributed by atoms with Crippen LogP contribution in [-0.4, -0.2) is 16.1 Å². The molecule has 1 aromatic rings. The molecule has 5 heteroatoms. The van der Waals surface area contributed by atoms with E-state index in [4.69, 9.17) is 0 Å². The summed E-state index contributed by atoms with van der Waals surface area (Å²) in [7, 11) is 0. The normalized spacial score (nSPS) is 23.9. The molecule has 0 saturated heterocycles. The molecule has 4 nitrogen and oxygen atoms in total. The van der Waals surface area contributed by atoms with Gasteiger partial charge < -0.3 is 5.11 Å². The predicted octanol–water partition coefficient (Wildman–Crippen LogP) is 3.06. The van der Waals surface area contributed by atoms with Gasteiger partial charge in [0.2, 0.25) is 0 Å². The smallest absolute Gasteiger partial charge is 0.273 e. The zero-order chi connectivity index (χ0) is 12.4. The van der Waals surface area contributed by atoms with E-state index in [0.717, 1.165) is 19.3 Å². The molecule has 17 heavy (non-hydrogen) atoms. The average Bonchev–Trinajstić information content (AvgIpc) is 2.67. The van der Waals surface area contributed by atoms with Gasteiger partial charge in [-0.3, -0.25) is 10.1 Å². The molecule has 1 aliphatic carbocycles. The molecule has 0 aromatic heterocycles. The number of nitro groups is 1. The van der Waals surface area contributed by atoms with E-state index in [-0.39, 0.29) is 22.6 Å². The van der Waals surface area contributed by atoms with Gasteiger partial charge in [0.05, 0.1) is 11.0 Å². The number of hydrogen-bond acceptors (Lipinski definition) is 3. The highest BCUT2D eigenvalue weighted by Crippen LogP contribution is 2.32. The van der Waals surface area contributed by atoms with Crippen molar-refractivity contribution in [2.75, 3.05) is 0 Å². The molecule has 0 heterocycles. The minimum absolute atomic E-state index is 0.137. The Morgan fingerprint density at radius 1 is 1.47 bits per heavy atom. The molecule has 0 spiro atoms. The van der Waals surface area contributed by atoms with Crippen LogP contribution in [0.5, 0.6) is 0 Å². The molecule has 2 rings (SSSR count). The Hall–Kier alpha value is -0.940. The maximum Gasteiger partial charge on any atom is 0.273 e. The van der Waals surface area contributed by atoms with E-state index >= 15 is 0 Å². The van der Waals surface area contributed by atoms with Crippen LogP contribution in [0.15, 0.2) is 22.7 Å². The summed E-state index contributed by atoms with van der Waals surface area (Å²) in [5.41, 5.74) is 0.850. The van der Waals surface area contributed by atoms with Gasteiger partial charge >= 0.3 is 0 Å². The van der Waals surface area contributed by atoms with Crippen LogP contribution in [0, 0.1) is 16.0 Å². The van der Waals surface area contributed by atoms with Gasteiger partial charge in [-0.2, -0.15) is 0 Å². The zero-order valence-corrected chi connectivity index (χ0v) is 10.9. The second-order valence-electron chi connectivity index (χ2n) is 4.49. The Balaban J connectivity index is 2.22. The second-order valence-corrected chi connectivity index (χ2v) is 5.41. The van der Waals surface area contributed by atoms with Crippen LogP contribution >= 0.6 is 15.9 Å². The molecule has 2 unspecified atom stereocenters. The van der Waals surface area contributed by atoms with Crippen LogP contribution in [0.1, 0.15) is 24.8 Å². The predicted molar refractivity (Wildman–Crippen MR) is 67.8 cm³/mol. The number of aliphatic hydroxyl groups excluding tert-OH is 1. The molecule has 1 fully saturated rings. The van der Waals surface area contributed by atoms with Crippen LogP contribution in [0.2, 0.25) is 0 Å². The van der Waals surface area contributed by atoms with Crippen molar-refractivity contribution in [1.82, 2.24) is 0 Å². The average molecular weight is 300 g/mol. The summed E-state index contributed by atoms with van der Waals surface area (Å²) < 4.78 is 0.708. The van der Waals surface area contributed by atoms with Gasteiger partial charge in [-0.15, -0.1) is 0 Å². The van der Waals surface area contributed by atoms with E-state index in [0.29, 0.717) is 16.5 Å². The van der Waals surface area contributed by atoms with Crippen molar-refractivity contribution in [3.63, 3.8) is 0 Å². The van der Waals surface area contributed by atoms with Gasteiger partial charge in [-0.1, -0.05) is 28.4 Å². The standard InChI is InChI=1S/C12H14BrNO3/c13-10-5-4-8(11(7-10)14(16)17)6-9-2-1-3-12(9)15/h4-5,7,9,12,15H,1-3,6H2. The molecular weight excluding hydrogens is 286 g/mol. The lowest BCUT2D eigenvalue weighted by atomic mass is 9.95. The summed E-state index contributed by atoms with van der Waals surface area (Å²) in [4.78, 5) is 10.6. The van der Waals surface area contributed by atoms with Crippen LogP contribution < -0.4 is 0 Å². The summed E-state index contributed by atoms with van der Waals surface area (Å²) in [6.45, 7) is 0. The molecular formula is C12H14BrNO3. The Labute approximate surface area is 108 Å². The van der Waals surface area contributed by atoms with Crippen molar-refractivity contribution in [2.45, 2.75) is 31.8 Å². The number of nitro benzene ring substituents is 1. The van der Waals surface area contributed by atoms with E-state index in [1.807, 2.05) is 6.07 Å². The minimum Gasteiger partial charge on any atom is -0.393 e. The van der Waals surface area contributed by atoms with E-state index in [1.54, 1.807) is 6.07 Å². The van der Waals surface area contributed by atoms with E-state index in [2.05, 4.69) is 15.9 Å². The molecule has 1 N–H and O–H groups in total. The molecule has 0 aliphatic heterocycles. The van der Waals surface area contributed by atoms with Gasteiger partial charge in [0.25, 0.3) is 5.69 Å². The molecule has 0 radical (unpaired) electrons. The molecule has 0 amide bonds. The first-order valence-corrected chi connectivity index (χ1v) is 6.48. The monoisotopic (exact) mass is 299 g/mol. The highest BCUT2D eigenvalue weighted by atomic mass is 79.9. The molecule has 92 valence electrons. The van der Waals surface area contributed by atoms with E-state index in [1.165, 1.54) is 6.07 Å². The Morgan fingerprint density at radius 2 is 2.24 bits per heavy atom. The second kappa shape index (κ2) is 5.14. The summed E-state index contributed by atoms with van der Waals surface area (Å²) in [6.07, 6.45) is 3.06. The third-order valence-electron chi connectivity index (χ3n) is 3.35. The molecule has 2 atom stereocenters. The first-order valence-electron chi connectivity index (χ1n) is 5.69. The maximum absolute atomic E-state index is 11.0. The molecule has 1 saturated carbocycles. The van der Waals surface area contributed by atoms with Crippen molar-refractivity contribution in [3.8, 4) is 0 Å². The minimum atomic E-state index is -0.360. The number of halogens is 1. The summed E-state index contributed by atoms with van der Waals surface area (Å²) in [5, 5.41) is 20.7. The van der Waals surface area contributed by atoms with Gasteiger partial charge in [0, 0.05) is 16.1 Å². The van der Waals surface area contributed by atoms with Crippen molar-refractivity contribution in [1.29, 1.82) is 0 Å². The molecule has 0 bridgehead atoms. The van der Waals surface area contributed by atoms with Crippen molar-refractivity contribution in [2.24, 2.45) is 5.92 Å². The highest BCUT2D eigenvalue weighted by Gasteiger charge is 2.27. The van der Waals surface area contributed by atoms with Crippen LogP contribution in [-0.2, 0) is 6.42 Å². The number of nitrogens with zero attached hydrogens (tertiary/aromatic N) is 1. The highest BCUT2D eigenvalue weighted by molar-refractivity contribution is 9.10. The lowest BCUT2D eigenvalue weighted by Crippen LogP contribution is -2.16. The third kappa shape index (κ3) is 2.84. The first kappa shape index (κ1) is 12.5.